The van der Waals surface area contributed by atoms with Gasteiger partial charge in [-0.2, -0.15) is 4.31 Å². The molecule has 3 rings (SSSR count). The Balaban J connectivity index is 1.94. The molecular weight excluding hydrogens is 332 g/mol. The number of rotatable bonds is 6. The molecule has 0 saturated heterocycles. The Kier molecular flexibility index (Phi) is 4.71. The van der Waals surface area contributed by atoms with Crippen molar-refractivity contribution < 1.29 is 8.42 Å². The van der Waals surface area contributed by atoms with Crippen LogP contribution in [0.25, 0.3) is 0 Å². The fourth-order valence-corrected chi connectivity index (χ4v) is 4.41. The zero-order chi connectivity index (χ0) is 16.4. The Hall–Kier alpha value is -1.43. The minimum Gasteiger partial charge on any atom is -0.243 e. The number of hydrogen-bond donors (Lipinski definition) is 0. The predicted molar refractivity (Wildman–Crippen MR) is 90.6 cm³/mol. The molecular formula is C17H19ClN2O2S. The molecule has 4 nitrogen and oxygen atoms in total. The summed E-state index contributed by atoms with van der Waals surface area (Å²) < 4.78 is 27.7. The molecule has 0 radical (unpaired) electrons. The van der Waals surface area contributed by atoms with Gasteiger partial charge in [0.05, 0.1) is 0 Å². The number of hydrogen-bond acceptors (Lipinski definition) is 3. The quantitative estimate of drug-likeness (QED) is 0.746. The molecule has 0 spiro atoms. The normalized spacial score (nSPS) is 16.5. The molecule has 0 N–H and O–H groups in total. The summed E-state index contributed by atoms with van der Waals surface area (Å²) in [6.45, 7) is 2.35. The average molecular weight is 351 g/mol. The van der Waals surface area contributed by atoms with Crippen LogP contribution in [0.15, 0.2) is 53.6 Å². The first kappa shape index (κ1) is 16.4. The van der Waals surface area contributed by atoms with E-state index in [0.29, 0.717) is 12.5 Å². The summed E-state index contributed by atoms with van der Waals surface area (Å²) in [5, 5.41) is 0.286. The summed E-state index contributed by atoms with van der Waals surface area (Å²) in [7, 11) is -3.61. The molecule has 0 amide bonds. The number of nitrogens with zero attached hydrogens (tertiary/aromatic N) is 2. The highest BCUT2D eigenvalue weighted by Gasteiger charge is 2.38. The van der Waals surface area contributed by atoms with Crippen molar-refractivity contribution in [3.8, 4) is 0 Å². The molecule has 1 aliphatic carbocycles. The second-order valence-corrected chi connectivity index (χ2v) is 8.21. The van der Waals surface area contributed by atoms with E-state index in [-0.39, 0.29) is 16.1 Å². The molecule has 1 fully saturated rings. The Bertz CT molecular complexity index is 759. The van der Waals surface area contributed by atoms with Crippen molar-refractivity contribution in [1.82, 2.24) is 9.29 Å². The molecule has 1 heterocycles. The first-order valence-corrected chi connectivity index (χ1v) is 9.47. The van der Waals surface area contributed by atoms with Crippen molar-refractivity contribution in [1.29, 1.82) is 0 Å². The summed E-state index contributed by atoms with van der Waals surface area (Å²) in [5.74, 6) is 0.439. The van der Waals surface area contributed by atoms with Crippen LogP contribution in [-0.4, -0.2) is 23.7 Å². The molecule has 1 aromatic heterocycles. The Morgan fingerprint density at radius 2 is 1.91 bits per heavy atom. The first-order valence-electron chi connectivity index (χ1n) is 7.66. The van der Waals surface area contributed by atoms with Crippen LogP contribution < -0.4 is 0 Å². The van der Waals surface area contributed by atoms with Crippen molar-refractivity contribution in [2.45, 2.75) is 37.2 Å². The lowest BCUT2D eigenvalue weighted by Gasteiger charge is -2.28. The van der Waals surface area contributed by atoms with Crippen LogP contribution in [0.1, 0.15) is 25.3 Å². The maximum absolute atomic E-state index is 13.1. The molecule has 122 valence electrons. The SMILES string of the molecule is C[C@H](C1CC1)N(Cc1ccccc1)S(=O)(=O)c1ccc(Cl)nc1. The predicted octanol–water partition coefficient (Wildman–Crippen LogP) is 3.72. The van der Waals surface area contributed by atoms with Gasteiger partial charge in [-0.05, 0) is 43.4 Å². The van der Waals surface area contributed by atoms with E-state index in [0.717, 1.165) is 18.4 Å². The highest BCUT2D eigenvalue weighted by molar-refractivity contribution is 7.89. The monoisotopic (exact) mass is 350 g/mol. The van der Waals surface area contributed by atoms with Crippen molar-refractivity contribution in [2.24, 2.45) is 5.92 Å². The highest BCUT2D eigenvalue weighted by atomic mass is 35.5. The highest BCUT2D eigenvalue weighted by Crippen LogP contribution is 2.37. The number of pyridine rings is 1. The smallest absolute Gasteiger partial charge is 0.243 e. The summed E-state index contributed by atoms with van der Waals surface area (Å²) in [5.41, 5.74) is 0.977. The van der Waals surface area contributed by atoms with Crippen LogP contribution in [-0.2, 0) is 16.6 Å². The Labute approximate surface area is 142 Å². The van der Waals surface area contributed by atoms with E-state index < -0.39 is 10.0 Å². The fourth-order valence-electron chi connectivity index (χ4n) is 2.68. The molecule has 0 bridgehead atoms. The molecule has 1 saturated carbocycles. The van der Waals surface area contributed by atoms with Crippen molar-refractivity contribution >= 4 is 21.6 Å². The van der Waals surface area contributed by atoms with Crippen LogP contribution in [0, 0.1) is 5.92 Å². The lowest BCUT2D eigenvalue weighted by Crippen LogP contribution is -2.39. The molecule has 2 aromatic rings. The molecule has 1 atom stereocenters. The topological polar surface area (TPSA) is 50.3 Å². The molecule has 1 aromatic carbocycles. The fraction of sp³-hybridized carbons (Fsp3) is 0.353. The van der Waals surface area contributed by atoms with Crippen molar-refractivity contribution in [3.63, 3.8) is 0 Å². The Morgan fingerprint density at radius 3 is 2.48 bits per heavy atom. The first-order chi connectivity index (χ1) is 11.0. The molecule has 1 aliphatic rings. The maximum Gasteiger partial charge on any atom is 0.245 e. The summed E-state index contributed by atoms with van der Waals surface area (Å²) in [4.78, 5) is 4.10. The van der Waals surface area contributed by atoms with Crippen LogP contribution in [0.3, 0.4) is 0 Å². The number of aromatic nitrogens is 1. The van der Waals surface area contributed by atoms with E-state index in [1.165, 1.54) is 18.3 Å². The van der Waals surface area contributed by atoms with Crippen LogP contribution in [0.4, 0.5) is 0 Å². The van der Waals surface area contributed by atoms with E-state index in [9.17, 15) is 8.42 Å². The zero-order valence-corrected chi connectivity index (χ0v) is 14.5. The second-order valence-electron chi connectivity index (χ2n) is 5.93. The van der Waals surface area contributed by atoms with Gasteiger partial charge in [0.2, 0.25) is 10.0 Å². The third kappa shape index (κ3) is 3.74. The van der Waals surface area contributed by atoms with Gasteiger partial charge in [-0.3, -0.25) is 0 Å². The van der Waals surface area contributed by atoms with Crippen LogP contribution in [0.2, 0.25) is 5.15 Å². The molecule has 6 heteroatoms. The van der Waals surface area contributed by atoms with Gasteiger partial charge in [0.1, 0.15) is 10.0 Å². The summed E-state index contributed by atoms with van der Waals surface area (Å²) >= 11 is 5.77. The van der Waals surface area contributed by atoms with Gasteiger partial charge < -0.3 is 0 Å². The summed E-state index contributed by atoms with van der Waals surface area (Å²) in [6.07, 6.45) is 3.50. The number of sulfonamides is 1. The second kappa shape index (κ2) is 6.59. The van der Waals surface area contributed by atoms with E-state index in [1.54, 1.807) is 4.31 Å². The molecule has 0 unspecified atom stereocenters. The molecule has 0 aliphatic heterocycles. The largest absolute Gasteiger partial charge is 0.245 e. The van der Waals surface area contributed by atoms with Gasteiger partial charge >= 0.3 is 0 Å². The lowest BCUT2D eigenvalue weighted by atomic mass is 10.2. The lowest BCUT2D eigenvalue weighted by molar-refractivity contribution is 0.303. The molecule has 23 heavy (non-hydrogen) atoms. The standard InChI is InChI=1S/C17H19ClN2O2S/c1-13(15-7-8-15)20(12-14-5-3-2-4-6-14)23(21,22)16-9-10-17(18)19-11-16/h2-6,9-11,13,15H,7-8,12H2,1H3/t13-/m1/s1. The van der Waals surface area contributed by atoms with Gasteiger partial charge in [-0.15, -0.1) is 0 Å². The third-order valence-corrected chi connectivity index (χ3v) is 6.39. The number of halogens is 1. The van der Waals surface area contributed by atoms with Crippen molar-refractivity contribution in [2.75, 3.05) is 0 Å². The van der Waals surface area contributed by atoms with E-state index in [2.05, 4.69) is 4.98 Å². The van der Waals surface area contributed by atoms with Gasteiger partial charge in [0, 0.05) is 18.8 Å². The average Bonchev–Trinajstić information content (AvgIpc) is 3.38. The minimum atomic E-state index is -3.61. The van der Waals surface area contributed by atoms with Gasteiger partial charge in [-0.25, -0.2) is 13.4 Å². The zero-order valence-electron chi connectivity index (χ0n) is 12.9. The van der Waals surface area contributed by atoms with Gasteiger partial charge in [0.25, 0.3) is 0 Å². The summed E-state index contributed by atoms with van der Waals surface area (Å²) in [6, 6.07) is 12.7. The maximum atomic E-state index is 13.1. The van der Waals surface area contributed by atoms with Crippen molar-refractivity contribution in [3.05, 3.63) is 59.4 Å². The van der Waals surface area contributed by atoms with Gasteiger partial charge in [-0.1, -0.05) is 41.9 Å². The van der Waals surface area contributed by atoms with Crippen LogP contribution in [0.5, 0.6) is 0 Å². The van der Waals surface area contributed by atoms with E-state index >= 15 is 0 Å². The Morgan fingerprint density at radius 1 is 1.22 bits per heavy atom. The van der Waals surface area contributed by atoms with Crippen LogP contribution >= 0.6 is 11.6 Å². The third-order valence-electron chi connectivity index (χ3n) is 4.25. The van der Waals surface area contributed by atoms with E-state index in [1.807, 2.05) is 37.3 Å². The van der Waals surface area contributed by atoms with Gasteiger partial charge in [0.15, 0.2) is 0 Å². The van der Waals surface area contributed by atoms with E-state index in [4.69, 9.17) is 11.6 Å². The minimum absolute atomic E-state index is 0.0316. The number of benzene rings is 1.